The van der Waals surface area contributed by atoms with Crippen molar-refractivity contribution >= 4 is 5.91 Å². The Bertz CT molecular complexity index is 582. The molecule has 98 valence electrons. The van der Waals surface area contributed by atoms with Crippen molar-refractivity contribution in [2.75, 3.05) is 13.1 Å². The first-order valence-corrected chi connectivity index (χ1v) is 6.18. The number of aliphatic hydroxyl groups excluding tert-OH is 1. The summed E-state index contributed by atoms with van der Waals surface area (Å²) in [6.07, 6.45) is 3.64. The van der Waals surface area contributed by atoms with Gasteiger partial charge in [0, 0.05) is 25.5 Å². The Balaban J connectivity index is 1.85. The zero-order chi connectivity index (χ0) is 13.2. The molecule has 1 fully saturated rings. The van der Waals surface area contributed by atoms with Gasteiger partial charge >= 0.3 is 0 Å². The molecule has 1 saturated heterocycles. The van der Waals surface area contributed by atoms with Crippen molar-refractivity contribution in [3.05, 3.63) is 42.4 Å². The Hall–Kier alpha value is -2.21. The summed E-state index contributed by atoms with van der Waals surface area (Å²) in [5, 5.41) is 13.6. The molecule has 19 heavy (non-hydrogen) atoms. The summed E-state index contributed by atoms with van der Waals surface area (Å²) in [6.45, 7) is 0.959. The van der Waals surface area contributed by atoms with Crippen LogP contribution in [-0.2, 0) is 0 Å². The quantitative estimate of drug-likeness (QED) is 0.850. The van der Waals surface area contributed by atoms with Gasteiger partial charge in [-0.15, -0.1) is 0 Å². The topological polar surface area (TPSA) is 71.2 Å². The van der Waals surface area contributed by atoms with E-state index in [9.17, 15) is 9.90 Å². The summed E-state index contributed by atoms with van der Waals surface area (Å²) in [6, 6.07) is 7.05. The Morgan fingerprint density at radius 2 is 2.26 bits per heavy atom. The van der Waals surface area contributed by atoms with Crippen LogP contribution in [0.15, 0.2) is 36.7 Å². The van der Waals surface area contributed by atoms with Gasteiger partial charge in [-0.3, -0.25) is 4.79 Å². The second-order valence-electron chi connectivity index (χ2n) is 4.53. The van der Waals surface area contributed by atoms with Crippen LogP contribution in [0.5, 0.6) is 0 Å². The lowest BCUT2D eigenvalue weighted by Crippen LogP contribution is -2.30. The van der Waals surface area contributed by atoms with Gasteiger partial charge in [0.1, 0.15) is 5.69 Å². The van der Waals surface area contributed by atoms with Gasteiger partial charge in [-0.05, 0) is 24.6 Å². The van der Waals surface area contributed by atoms with E-state index in [1.807, 2.05) is 0 Å². The molecule has 0 aliphatic carbocycles. The number of hydrogen-bond donors (Lipinski definition) is 1. The van der Waals surface area contributed by atoms with Crippen LogP contribution in [0.4, 0.5) is 0 Å². The summed E-state index contributed by atoms with van der Waals surface area (Å²) in [7, 11) is 0. The monoisotopic (exact) mass is 258 g/mol. The van der Waals surface area contributed by atoms with E-state index in [-0.39, 0.29) is 5.91 Å². The predicted molar refractivity (Wildman–Crippen MR) is 67.9 cm³/mol. The van der Waals surface area contributed by atoms with Crippen molar-refractivity contribution in [2.24, 2.45) is 0 Å². The number of carbonyl (C=O) groups excluding carboxylic acids is 1. The number of hydrogen-bond acceptors (Lipinski definition) is 4. The first-order chi connectivity index (χ1) is 9.24. The lowest BCUT2D eigenvalue weighted by molar-refractivity contribution is 0.0759. The molecule has 6 nitrogen and oxygen atoms in total. The lowest BCUT2D eigenvalue weighted by Gasteiger charge is -2.15. The van der Waals surface area contributed by atoms with Crippen molar-refractivity contribution in [3.8, 4) is 5.82 Å². The normalized spacial score (nSPS) is 18.8. The van der Waals surface area contributed by atoms with Crippen molar-refractivity contribution in [1.29, 1.82) is 0 Å². The van der Waals surface area contributed by atoms with Crippen molar-refractivity contribution < 1.29 is 9.90 Å². The molecule has 1 amide bonds. The number of pyridine rings is 1. The smallest absolute Gasteiger partial charge is 0.272 e. The van der Waals surface area contributed by atoms with E-state index in [0.29, 0.717) is 31.0 Å². The standard InChI is InChI=1S/C13H14N4O2/c18-10-5-8-16(9-10)13(19)11-3-1-4-12(15-11)17-7-2-6-14-17/h1-4,6-7,10,18H,5,8-9H2/t10-/m1/s1. The van der Waals surface area contributed by atoms with Crippen LogP contribution in [0.25, 0.3) is 5.82 Å². The van der Waals surface area contributed by atoms with Crippen LogP contribution in [0, 0.1) is 0 Å². The van der Waals surface area contributed by atoms with E-state index in [1.165, 1.54) is 0 Å². The van der Waals surface area contributed by atoms with Crippen LogP contribution >= 0.6 is 0 Å². The van der Waals surface area contributed by atoms with Crippen LogP contribution in [-0.4, -0.2) is 49.9 Å². The first kappa shape index (κ1) is 11.9. The van der Waals surface area contributed by atoms with Gasteiger partial charge in [0.15, 0.2) is 5.82 Å². The fourth-order valence-electron chi connectivity index (χ4n) is 2.16. The van der Waals surface area contributed by atoms with Gasteiger partial charge in [0.25, 0.3) is 5.91 Å². The van der Waals surface area contributed by atoms with Crippen LogP contribution in [0.3, 0.4) is 0 Å². The number of nitrogens with zero attached hydrogens (tertiary/aromatic N) is 4. The van der Waals surface area contributed by atoms with Crippen LogP contribution in [0.2, 0.25) is 0 Å². The van der Waals surface area contributed by atoms with Gasteiger partial charge in [0.2, 0.25) is 0 Å². The van der Waals surface area contributed by atoms with Gasteiger partial charge in [-0.1, -0.05) is 6.07 Å². The maximum Gasteiger partial charge on any atom is 0.272 e. The molecule has 2 aromatic heterocycles. The van der Waals surface area contributed by atoms with Crippen LogP contribution in [0.1, 0.15) is 16.9 Å². The van der Waals surface area contributed by atoms with Gasteiger partial charge in [-0.25, -0.2) is 9.67 Å². The average Bonchev–Trinajstić information content (AvgIpc) is 3.09. The highest BCUT2D eigenvalue weighted by atomic mass is 16.3. The van der Waals surface area contributed by atoms with E-state index in [0.717, 1.165) is 0 Å². The Morgan fingerprint density at radius 1 is 1.37 bits per heavy atom. The number of rotatable bonds is 2. The molecule has 3 rings (SSSR count). The molecule has 1 aliphatic rings. The Morgan fingerprint density at radius 3 is 2.95 bits per heavy atom. The highest BCUT2D eigenvalue weighted by molar-refractivity contribution is 5.92. The highest BCUT2D eigenvalue weighted by Crippen LogP contribution is 2.13. The summed E-state index contributed by atoms with van der Waals surface area (Å²) in [4.78, 5) is 18.2. The largest absolute Gasteiger partial charge is 0.391 e. The summed E-state index contributed by atoms with van der Waals surface area (Å²) in [5.41, 5.74) is 0.377. The second kappa shape index (κ2) is 4.81. The lowest BCUT2D eigenvalue weighted by atomic mass is 10.3. The molecule has 2 aromatic rings. The molecule has 1 atom stereocenters. The van der Waals surface area contributed by atoms with Crippen molar-refractivity contribution in [1.82, 2.24) is 19.7 Å². The van der Waals surface area contributed by atoms with E-state index >= 15 is 0 Å². The first-order valence-electron chi connectivity index (χ1n) is 6.18. The molecule has 1 aliphatic heterocycles. The third-order valence-electron chi connectivity index (χ3n) is 3.14. The fourth-order valence-corrected chi connectivity index (χ4v) is 2.16. The molecule has 3 heterocycles. The zero-order valence-electron chi connectivity index (χ0n) is 10.3. The molecule has 0 radical (unpaired) electrons. The molecule has 0 bridgehead atoms. The van der Waals surface area contributed by atoms with Crippen molar-refractivity contribution in [2.45, 2.75) is 12.5 Å². The molecule has 0 unspecified atom stereocenters. The summed E-state index contributed by atoms with van der Waals surface area (Å²) < 4.78 is 1.61. The number of aliphatic hydroxyl groups is 1. The zero-order valence-corrected chi connectivity index (χ0v) is 10.3. The van der Waals surface area contributed by atoms with Gasteiger partial charge in [-0.2, -0.15) is 5.10 Å². The number of β-amino-alcohol motifs (C(OH)–C–C–N with tert-alkyl or cyclic N) is 1. The van der Waals surface area contributed by atoms with E-state index in [4.69, 9.17) is 0 Å². The summed E-state index contributed by atoms with van der Waals surface area (Å²) >= 11 is 0. The molecule has 0 spiro atoms. The molecular weight excluding hydrogens is 244 g/mol. The minimum Gasteiger partial charge on any atom is -0.391 e. The maximum absolute atomic E-state index is 12.2. The van der Waals surface area contributed by atoms with Gasteiger partial charge in [0.05, 0.1) is 6.10 Å². The highest BCUT2D eigenvalue weighted by Gasteiger charge is 2.26. The molecule has 1 N–H and O–H groups in total. The maximum atomic E-state index is 12.2. The fraction of sp³-hybridized carbons (Fsp3) is 0.308. The third-order valence-corrected chi connectivity index (χ3v) is 3.14. The predicted octanol–water partition coefficient (Wildman–Crippen LogP) is 0.474. The minimum atomic E-state index is -0.418. The summed E-state index contributed by atoms with van der Waals surface area (Å²) in [5.74, 6) is 0.459. The average molecular weight is 258 g/mol. The molecule has 6 heteroatoms. The van der Waals surface area contributed by atoms with Crippen LogP contribution < -0.4 is 0 Å². The number of likely N-dealkylation sites (tertiary alicyclic amines) is 1. The Kier molecular flexibility index (Phi) is 3.00. The number of amides is 1. The van der Waals surface area contributed by atoms with E-state index in [1.54, 1.807) is 46.2 Å². The number of aromatic nitrogens is 3. The number of carbonyl (C=O) groups is 1. The van der Waals surface area contributed by atoms with E-state index in [2.05, 4.69) is 10.1 Å². The molecule has 0 aromatic carbocycles. The molecular formula is C13H14N4O2. The SMILES string of the molecule is O=C(c1cccc(-n2cccn2)n1)N1CC[C@@H](O)C1. The van der Waals surface area contributed by atoms with Crippen molar-refractivity contribution in [3.63, 3.8) is 0 Å². The third kappa shape index (κ3) is 2.34. The minimum absolute atomic E-state index is 0.148. The second-order valence-corrected chi connectivity index (χ2v) is 4.53. The van der Waals surface area contributed by atoms with E-state index < -0.39 is 6.10 Å². The molecule has 0 saturated carbocycles. The Labute approximate surface area is 110 Å². The van der Waals surface area contributed by atoms with Gasteiger partial charge < -0.3 is 10.0 Å².